The maximum atomic E-state index is 12.5. The van der Waals surface area contributed by atoms with E-state index >= 15 is 0 Å². The Morgan fingerprint density at radius 3 is 2.85 bits per heavy atom. The van der Waals surface area contributed by atoms with E-state index in [9.17, 15) is 4.79 Å². The molecule has 1 fully saturated rings. The second kappa shape index (κ2) is 5.49. The Kier molecular flexibility index (Phi) is 3.54. The highest BCUT2D eigenvalue weighted by Crippen LogP contribution is 2.39. The quantitative estimate of drug-likeness (QED) is 0.839. The van der Waals surface area contributed by atoms with E-state index in [0.717, 1.165) is 17.7 Å². The lowest BCUT2D eigenvalue weighted by atomic mass is 10.2. The SMILES string of the molecule is CC1CC1C(=O)N(Cc1cccnc1)Cc1ccco1. The van der Waals surface area contributed by atoms with E-state index in [1.54, 1.807) is 18.7 Å². The summed E-state index contributed by atoms with van der Waals surface area (Å²) < 4.78 is 5.37. The minimum atomic E-state index is 0.182. The average molecular weight is 270 g/mol. The van der Waals surface area contributed by atoms with Crippen LogP contribution in [-0.4, -0.2) is 15.8 Å². The zero-order valence-electron chi connectivity index (χ0n) is 11.5. The first kappa shape index (κ1) is 12.9. The van der Waals surface area contributed by atoms with Gasteiger partial charge in [-0.2, -0.15) is 0 Å². The summed E-state index contributed by atoms with van der Waals surface area (Å²) >= 11 is 0. The van der Waals surface area contributed by atoms with Gasteiger partial charge in [-0.15, -0.1) is 0 Å². The number of carbonyl (C=O) groups is 1. The molecule has 1 aliphatic rings. The molecule has 2 aromatic heterocycles. The van der Waals surface area contributed by atoms with Crippen LogP contribution in [0.3, 0.4) is 0 Å². The molecule has 0 spiro atoms. The van der Waals surface area contributed by atoms with Gasteiger partial charge in [0.1, 0.15) is 5.76 Å². The molecule has 2 unspecified atom stereocenters. The molecule has 2 aromatic rings. The standard InChI is InChI=1S/C16H18N2O2/c1-12-8-15(12)16(19)18(11-14-5-3-7-20-14)10-13-4-2-6-17-9-13/h2-7,9,12,15H,8,10-11H2,1H3. The number of amides is 1. The van der Waals surface area contributed by atoms with Crippen molar-refractivity contribution in [2.75, 3.05) is 0 Å². The normalized spacial score (nSPS) is 20.6. The maximum Gasteiger partial charge on any atom is 0.226 e. The number of hydrogen-bond donors (Lipinski definition) is 0. The summed E-state index contributed by atoms with van der Waals surface area (Å²) in [6.45, 7) is 3.22. The van der Waals surface area contributed by atoms with Crippen LogP contribution in [0, 0.1) is 11.8 Å². The molecular weight excluding hydrogens is 252 g/mol. The lowest BCUT2D eigenvalue weighted by molar-refractivity contribution is -0.134. The van der Waals surface area contributed by atoms with Crippen LogP contribution in [0.25, 0.3) is 0 Å². The molecule has 0 N–H and O–H groups in total. The van der Waals surface area contributed by atoms with Crippen molar-refractivity contribution in [1.29, 1.82) is 0 Å². The second-order valence-corrected chi connectivity index (χ2v) is 5.45. The van der Waals surface area contributed by atoms with Gasteiger partial charge in [0.2, 0.25) is 5.91 Å². The van der Waals surface area contributed by atoms with Crippen LogP contribution in [0.1, 0.15) is 24.7 Å². The van der Waals surface area contributed by atoms with Crippen LogP contribution in [0.15, 0.2) is 47.3 Å². The molecule has 3 rings (SSSR count). The molecule has 0 saturated heterocycles. The summed E-state index contributed by atoms with van der Waals surface area (Å²) in [4.78, 5) is 18.5. The molecule has 0 aromatic carbocycles. The summed E-state index contributed by atoms with van der Waals surface area (Å²) in [6, 6.07) is 7.64. The van der Waals surface area contributed by atoms with E-state index in [0.29, 0.717) is 19.0 Å². The summed E-state index contributed by atoms with van der Waals surface area (Å²) in [7, 11) is 0. The zero-order chi connectivity index (χ0) is 13.9. The topological polar surface area (TPSA) is 46.3 Å². The van der Waals surface area contributed by atoms with Crippen molar-refractivity contribution in [2.24, 2.45) is 11.8 Å². The third-order valence-electron chi connectivity index (χ3n) is 3.76. The molecule has 1 saturated carbocycles. The summed E-state index contributed by atoms with van der Waals surface area (Å²) in [6.07, 6.45) is 6.19. The van der Waals surface area contributed by atoms with Crippen molar-refractivity contribution in [3.8, 4) is 0 Å². The van der Waals surface area contributed by atoms with Crippen molar-refractivity contribution >= 4 is 5.91 Å². The van der Waals surface area contributed by atoms with Crippen molar-refractivity contribution < 1.29 is 9.21 Å². The molecule has 4 heteroatoms. The first-order chi connectivity index (χ1) is 9.74. The van der Waals surface area contributed by atoms with E-state index in [2.05, 4.69) is 11.9 Å². The molecule has 20 heavy (non-hydrogen) atoms. The van der Waals surface area contributed by atoms with Gasteiger partial charge in [0.05, 0.1) is 12.8 Å². The van der Waals surface area contributed by atoms with E-state index in [1.165, 1.54) is 0 Å². The largest absolute Gasteiger partial charge is 0.467 e. The summed E-state index contributed by atoms with van der Waals surface area (Å²) in [5.74, 6) is 1.73. The molecule has 104 valence electrons. The number of hydrogen-bond acceptors (Lipinski definition) is 3. The van der Waals surface area contributed by atoms with Gasteiger partial charge in [-0.25, -0.2) is 0 Å². The fourth-order valence-electron chi connectivity index (χ4n) is 2.42. The third-order valence-corrected chi connectivity index (χ3v) is 3.76. The molecule has 0 radical (unpaired) electrons. The lowest BCUT2D eigenvalue weighted by Crippen LogP contribution is -2.31. The van der Waals surface area contributed by atoms with E-state index < -0.39 is 0 Å². The minimum Gasteiger partial charge on any atom is -0.467 e. The van der Waals surface area contributed by atoms with Gasteiger partial charge in [0.25, 0.3) is 0 Å². The van der Waals surface area contributed by atoms with Crippen LogP contribution in [-0.2, 0) is 17.9 Å². The average Bonchev–Trinajstić information content (AvgIpc) is 2.98. The van der Waals surface area contributed by atoms with Gasteiger partial charge in [0, 0.05) is 24.9 Å². The maximum absolute atomic E-state index is 12.5. The molecular formula is C16H18N2O2. The highest BCUT2D eigenvalue weighted by molar-refractivity contribution is 5.81. The third kappa shape index (κ3) is 2.90. The molecule has 4 nitrogen and oxygen atoms in total. The van der Waals surface area contributed by atoms with Crippen LogP contribution >= 0.6 is 0 Å². The van der Waals surface area contributed by atoms with E-state index in [4.69, 9.17) is 4.42 Å². The number of nitrogens with zero attached hydrogens (tertiary/aromatic N) is 2. The first-order valence-corrected chi connectivity index (χ1v) is 6.94. The van der Waals surface area contributed by atoms with Crippen molar-refractivity contribution in [3.63, 3.8) is 0 Å². The van der Waals surface area contributed by atoms with Crippen molar-refractivity contribution in [1.82, 2.24) is 9.88 Å². The number of pyridine rings is 1. The minimum absolute atomic E-state index is 0.182. The molecule has 0 aliphatic heterocycles. The Bertz CT molecular complexity index is 565. The predicted octanol–water partition coefficient (Wildman–Crippen LogP) is 2.86. The summed E-state index contributed by atoms with van der Waals surface area (Å²) in [5, 5.41) is 0. The number of rotatable bonds is 5. The Labute approximate surface area is 118 Å². The van der Waals surface area contributed by atoms with E-state index in [1.807, 2.05) is 29.2 Å². The van der Waals surface area contributed by atoms with Crippen LogP contribution < -0.4 is 0 Å². The fraction of sp³-hybridized carbons (Fsp3) is 0.375. The molecule has 0 bridgehead atoms. The Morgan fingerprint density at radius 1 is 1.40 bits per heavy atom. The number of aromatic nitrogens is 1. The van der Waals surface area contributed by atoms with Crippen molar-refractivity contribution in [2.45, 2.75) is 26.4 Å². The predicted molar refractivity (Wildman–Crippen MR) is 74.5 cm³/mol. The van der Waals surface area contributed by atoms with Crippen molar-refractivity contribution in [3.05, 3.63) is 54.2 Å². The van der Waals surface area contributed by atoms with Gasteiger partial charge >= 0.3 is 0 Å². The van der Waals surface area contributed by atoms with Gasteiger partial charge in [-0.05, 0) is 36.1 Å². The van der Waals surface area contributed by atoms with Crippen LogP contribution in [0.4, 0.5) is 0 Å². The smallest absolute Gasteiger partial charge is 0.226 e. The van der Waals surface area contributed by atoms with Gasteiger partial charge in [-0.3, -0.25) is 9.78 Å². The number of carbonyl (C=O) groups excluding carboxylic acids is 1. The Morgan fingerprint density at radius 2 is 2.25 bits per heavy atom. The zero-order valence-corrected chi connectivity index (χ0v) is 11.5. The van der Waals surface area contributed by atoms with Crippen LogP contribution in [0.5, 0.6) is 0 Å². The monoisotopic (exact) mass is 270 g/mol. The summed E-state index contributed by atoms with van der Waals surface area (Å²) in [5.41, 5.74) is 1.04. The molecule has 2 heterocycles. The molecule has 1 amide bonds. The molecule has 2 atom stereocenters. The highest BCUT2D eigenvalue weighted by atomic mass is 16.3. The van der Waals surface area contributed by atoms with Gasteiger partial charge in [0.15, 0.2) is 0 Å². The Balaban J connectivity index is 1.74. The Hall–Kier alpha value is -2.10. The van der Waals surface area contributed by atoms with Crippen LogP contribution in [0.2, 0.25) is 0 Å². The second-order valence-electron chi connectivity index (χ2n) is 5.45. The number of furan rings is 1. The van der Waals surface area contributed by atoms with Gasteiger partial charge < -0.3 is 9.32 Å². The van der Waals surface area contributed by atoms with Gasteiger partial charge in [-0.1, -0.05) is 13.0 Å². The molecule has 1 aliphatic carbocycles. The lowest BCUT2D eigenvalue weighted by Gasteiger charge is -2.22. The first-order valence-electron chi connectivity index (χ1n) is 6.94. The highest BCUT2D eigenvalue weighted by Gasteiger charge is 2.41. The fourth-order valence-corrected chi connectivity index (χ4v) is 2.42. The van der Waals surface area contributed by atoms with E-state index in [-0.39, 0.29) is 11.8 Å².